The molecule has 0 bridgehead atoms. The fourth-order valence-electron chi connectivity index (χ4n) is 4.53. The normalized spacial score (nSPS) is 14.4. The Hall–Kier alpha value is -2.74. The van der Waals surface area contributed by atoms with Crippen LogP contribution in [0.3, 0.4) is 0 Å². The molecular formula is C27H34N4O2S. The average Bonchev–Trinajstić information content (AvgIpc) is 2.79. The molecule has 1 aliphatic heterocycles. The number of nitrogens with zero attached hydrogens (tertiary/aromatic N) is 2. The third-order valence-electron chi connectivity index (χ3n) is 6.45. The number of aryl methyl sites for hydroxylation is 4. The van der Waals surface area contributed by atoms with Gasteiger partial charge in [0.05, 0.1) is 19.8 Å². The van der Waals surface area contributed by atoms with Crippen molar-refractivity contribution in [1.29, 1.82) is 0 Å². The lowest BCUT2D eigenvalue weighted by molar-refractivity contribution is 0.0358. The van der Waals surface area contributed by atoms with Gasteiger partial charge in [-0.05, 0) is 74.8 Å². The number of benzene rings is 2. The van der Waals surface area contributed by atoms with Gasteiger partial charge in [-0.25, -0.2) is 0 Å². The van der Waals surface area contributed by atoms with Crippen molar-refractivity contribution in [2.45, 2.75) is 34.2 Å². The third kappa shape index (κ3) is 5.84. The van der Waals surface area contributed by atoms with Crippen LogP contribution in [0.25, 0.3) is 10.9 Å². The van der Waals surface area contributed by atoms with Gasteiger partial charge in [-0.3, -0.25) is 9.69 Å². The maximum atomic E-state index is 13.0. The third-order valence-corrected chi connectivity index (χ3v) is 6.81. The van der Waals surface area contributed by atoms with E-state index in [0.717, 1.165) is 72.7 Å². The van der Waals surface area contributed by atoms with Crippen molar-refractivity contribution >= 4 is 33.9 Å². The van der Waals surface area contributed by atoms with Crippen LogP contribution in [0.5, 0.6) is 0 Å². The minimum atomic E-state index is -0.0665. The molecule has 2 heterocycles. The molecule has 3 aromatic rings. The number of rotatable bonds is 6. The quantitative estimate of drug-likeness (QED) is 0.516. The molecule has 1 fully saturated rings. The van der Waals surface area contributed by atoms with Crippen LogP contribution in [-0.2, 0) is 11.3 Å². The molecule has 1 aliphatic rings. The highest BCUT2D eigenvalue weighted by Gasteiger charge is 2.18. The summed E-state index contributed by atoms with van der Waals surface area (Å²) in [6, 6.07) is 12.5. The fraction of sp³-hybridized carbons (Fsp3) is 0.407. The molecule has 7 heteroatoms. The van der Waals surface area contributed by atoms with Gasteiger partial charge in [0.2, 0.25) is 0 Å². The molecule has 2 aromatic carbocycles. The summed E-state index contributed by atoms with van der Waals surface area (Å²) in [6.07, 6.45) is 0. The smallest absolute Gasteiger partial charge is 0.253 e. The van der Waals surface area contributed by atoms with Crippen LogP contribution in [0.1, 0.15) is 27.8 Å². The minimum Gasteiger partial charge on any atom is -0.379 e. The van der Waals surface area contributed by atoms with E-state index in [1.807, 2.05) is 19.1 Å². The number of hydrogen-bond donors (Lipinski definition) is 2. The lowest BCUT2D eigenvalue weighted by Gasteiger charge is -2.31. The molecule has 0 atom stereocenters. The first-order chi connectivity index (χ1) is 16.3. The second-order valence-electron chi connectivity index (χ2n) is 9.29. The molecule has 180 valence electrons. The number of aromatic nitrogens is 1. The van der Waals surface area contributed by atoms with E-state index in [1.165, 1.54) is 5.56 Å². The van der Waals surface area contributed by atoms with Gasteiger partial charge in [-0.1, -0.05) is 23.8 Å². The Labute approximate surface area is 206 Å². The molecule has 34 heavy (non-hydrogen) atoms. The SMILES string of the molecule is Cc1ccc(NC(=S)N(CCN2CCOCC2)Cc2cc3c(C)cc(C)cc3[nH]c2=O)c(C)c1. The number of fused-ring (bicyclic) bond motifs is 1. The van der Waals surface area contributed by atoms with Crippen molar-refractivity contribution in [2.24, 2.45) is 0 Å². The number of morpholine rings is 1. The summed E-state index contributed by atoms with van der Waals surface area (Å²) in [5.41, 5.74) is 7.17. The van der Waals surface area contributed by atoms with Crippen molar-refractivity contribution in [1.82, 2.24) is 14.8 Å². The van der Waals surface area contributed by atoms with E-state index in [2.05, 4.69) is 65.1 Å². The number of thiocarbonyl (C=S) groups is 1. The summed E-state index contributed by atoms with van der Waals surface area (Å²) in [5.74, 6) is 0. The predicted octanol–water partition coefficient (Wildman–Crippen LogP) is 4.29. The van der Waals surface area contributed by atoms with Crippen LogP contribution < -0.4 is 10.9 Å². The van der Waals surface area contributed by atoms with Crippen LogP contribution in [-0.4, -0.2) is 59.3 Å². The van der Waals surface area contributed by atoms with Crippen molar-refractivity contribution < 1.29 is 4.74 Å². The van der Waals surface area contributed by atoms with Gasteiger partial charge in [-0.2, -0.15) is 0 Å². The van der Waals surface area contributed by atoms with Crippen LogP contribution in [0.15, 0.2) is 41.2 Å². The fourth-order valence-corrected chi connectivity index (χ4v) is 4.79. The minimum absolute atomic E-state index is 0.0665. The molecule has 1 aromatic heterocycles. The monoisotopic (exact) mass is 478 g/mol. The first kappa shape index (κ1) is 24.4. The zero-order chi connectivity index (χ0) is 24.2. The Morgan fingerprint density at radius 3 is 2.53 bits per heavy atom. The summed E-state index contributed by atoms with van der Waals surface area (Å²) in [6.45, 7) is 13.7. The van der Waals surface area contributed by atoms with Gasteiger partial charge in [0.15, 0.2) is 5.11 Å². The van der Waals surface area contributed by atoms with Crippen LogP contribution in [0.4, 0.5) is 5.69 Å². The second kappa shape index (κ2) is 10.7. The van der Waals surface area contributed by atoms with Gasteiger partial charge in [-0.15, -0.1) is 0 Å². The zero-order valence-electron chi connectivity index (χ0n) is 20.5. The van der Waals surface area contributed by atoms with E-state index >= 15 is 0 Å². The number of anilines is 1. The average molecular weight is 479 g/mol. The highest BCUT2D eigenvalue weighted by Crippen LogP contribution is 2.20. The molecular weight excluding hydrogens is 444 g/mol. The predicted molar refractivity (Wildman–Crippen MR) is 144 cm³/mol. The highest BCUT2D eigenvalue weighted by atomic mass is 32.1. The molecule has 0 amide bonds. The van der Waals surface area contributed by atoms with E-state index in [1.54, 1.807) is 0 Å². The molecule has 6 nitrogen and oxygen atoms in total. The van der Waals surface area contributed by atoms with Crippen molar-refractivity contribution in [2.75, 3.05) is 44.7 Å². The molecule has 2 N–H and O–H groups in total. The molecule has 0 aliphatic carbocycles. The Kier molecular flexibility index (Phi) is 7.66. The molecule has 4 rings (SSSR count). The Morgan fingerprint density at radius 2 is 1.79 bits per heavy atom. The van der Waals surface area contributed by atoms with E-state index in [0.29, 0.717) is 17.2 Å². The van der Waals surface area contributed by atoms with E-state index in [9.17, 15) is 4.79 Å². The lowest BCUT2D eigenvalue weighted by atomic mass is 10.0. The first-order valence-corrected chi connectivity index (χ1v) is 12.3. The summed E-state index contributed by atoms with van der Waals surface area (Å²) in [7, 11) is 0. The van der Waals surface area contributed by atoms with Crippen molar-refractivity contribution in [3.63, 3.8) is 0 Å². The topological polar surface area (TPSA) is 60.6 Å². The van der Waals surface area contributed by atoms with Crippen LogP contribution in [0, 0.1) is 27.7 Å². The van der Waals surface area contributed by atoms with E-state index in [4.69, 9.17) is 17.0 Å². The summed E-state index contributed by atoms with van der Waals surface area (Å²) >= 11 is 5.86. The Morgan fingerprint density at radius 1 is 1.06 bits per heavy atom. The van der Waals surface area contributed by atoms with Crippen molar-refractivity contribution in [3.8, 4) is 0 Å². The van der Waals surface area contributed by atoms with Crippen LogP contribution in [0.2, 0.25) is 0 Å². The highest BCUT2D eigenvalue weighted by molar-refractivity contribution is 7.80. The number of pyridine rings is 1. The lowest BCUT2D eigenvalue weighted by Crippen LogP contribution is -2.44. The molecule has 1 saturated heterocycles. The first-order valence-electron chi connectivity index (χ1n) is 11.9. The molecule has 0 saturated carbocycles. The second-order valence-corrected chi connectivity index (χ2v) is 9.68. The summed E-state index contributed by atoms with van der Waals surface area (Å²) < 4.78 is 5.49. The zero-order valence-corrected chi connectivity index (χ0v) is 21.3. The summed E-state index contributed by atoms with van der Waals surface area (Å²) in [4.78, 5) is 20.6. The van der Waals surface area contributed by atoms with Gasteiger partial charge in [0.1, 0.15) is 0 Å². The number of ether oxygens (including phenoxy) is 1. The maximum absolute atomic E-state index is 13.0. The maximum Gasteiger partial charge on any atom is 0.253 e. The number of hydrogen-bond acceptors (Lipinski definition) is 4. The number of nitrogens with one attached hydrogen (secondary N) is 2. The number of aromatic amines is 1. The van der Waals surface area contributed by atoms with Gasteiger partial charge >= 0.3 is 0 Å². The molecule has 0 spiro atoms. The van der Waals surface area contributed by atoms with Gasteiger partial charge in [0.25, 0.3) is 5.56 Å². The van der Waals surface area contributed by atoms with E-state index < -0.39 is 0 Å². The Bertz CT molecular complexity index is 1250. The van der Waals surface area contributed by atoms with Gasteiger partial charge < -0.3 is 19.9 Å². The molecule has 0 radical (unpaired) electrons. The van der Waals surface area contributed by atoms with Gasteiger partial charge in [0, 0.05) is 48.3 Å². The summed E-state index contributed by atoms with van der Waals surface area (Å²) in [5, 5.41) is 5.12. The standard InChI is InChI=1S/C27H34N4O2S/c1-18-5-6-24(21(4)13-18)29-27(34)31(8-7-30-9-11-33-12-10-30)17-22-16-23-20(3)14-19(2)15-25(23)28-26(22)32/h5-6,13-16H,7-12,17H2,1-4H3,(H,28,32)(H,29,34). The van der Waals surface area contributed by atoms with Crippen LogP contribution >= 0.6 is 12.2 Å². The van der Waals surface area contributed by atoms with E-state index in [-0.39, 0.29) is 5.56 Å². The number of H-pyrrole nitrogens is 1. The molecule has 0 unspecified atom stereocenters. The Balaban J connectivity index is 1.59. The largest absolute Gasteiger partial charge is 0.379 e. The van der Waals surface area contributed by atoms with Crippen molar-refractivity contribution in [3.05, 3.63) is 74.6 Å².